The van der Waals surface area contributed by atoms with Gasteiger partial charge in [0.1, 0.15) is 5.52 Å². The van der Waals surface area contributed by atoms with Crippen LogP contribution in [0.1, 0.15) is 38.3 Å². The third-order valence-corrected chi connectivity index (χ3v) is 2.93. The molecule has 0 aromatic carbocycles. The standard InChI is InChI=1S/C13H17F3N4/c1-9(2)10-8-11-12(18-6-7-20(11)19-10)17-5-3-4-13(14,15)16/h6-9H,3-5H2,1-2H3,(H,17,18). The van der Waals surface area contributed by atoms with Crippen LogP contribution in [0.15, 0.2) is 18.5 Å². The van der Waals surface area contributed by atoms with Crippen LogP contribution in [-0.2, 0) is 0 Å². The average Bonchev–Trinajstić information content (AvgIpc) is 2.78. The summed E-state index contributed by atoms with van der Waals surface area (Å²) in [5.74, 6) is 0.849. The molecule has 20 heavy (non-hydrogen) atoms. The number of hydrogen-bond donors (Lipinski definition) is 1. The van der Waals surface area contributed by atoms with Gasteiger partial charge in [-0.05, 0) is 18.4 Å². The first-order valence-corrected chi connectivity index (χ1v) is 6.52. The molecule has 0 spiro atoms. The van der Waals surface area contributed by atoms with E-state index >= 15 is 0 Å². The zero-order chi connectivity index (χ0) is 14.8. The smallest absolute Gasteiger partial charge is 0.368 e. The van der Waals surface area contributed by atoms with Crippen molar-refractivity contribution in [1.82, 2.24) is 14.6 Å². The van der Waals surface area contributed by atoms with Crippen molar-refractivity contribution in [1.29, 1.82) is 0 Å². The van der Waals surface area contributed by atoms with Crippen LogP contribution in [0.2, 0.25) is 0 Å². The quantitative estimate of drug-likeness (QED) is 0.854. The van der Waals surface area contributed by atoms with E-state index in [1.807, 2.05) is 19.9 Å². The minimum absolute atomic E-state index is 0.0252. The second-order valence-corrected chi connectivity index (χ2v) is 4.98. The minimum Gasteiger partial charge on any atom is -0.368 e. The molecule has 1 N–H and O–H groups in total. The summed E-state index contributed by atoms with van der Waals surface area (Å²) in [6.07, 6.45) is -1.57. The molecule has 0 saturated carbocycles. The highest BCUT2D eigenvalue weighted by Crippen LogP contribution is 2.22. The van der Waals surface area contributed by atoms with E-state index in [1.165, 1.54) is 0 Å². The fourth-order valence-corrected chi connectivity index (χ4v) is 1.85. The van der Waals surface area contributed by atoms with E-state index in [0.29, 0.717) is 5.82 Å². The van der Waals surface area contributed by atoms with E-state index in [2.05, 4.69) is 15.4 Å². The first-order valence-electron chi connectivity index (χ1n) is 6.52. The Morgan fingerprint density at radius 1 is 1.35 bits per heavy atom. The molecule has 0 saturated heterocycles. The Morgan fingerprint density at radius 2 is 2.10 bits per heavy atom. The summed E-state index contributed by atoms with van der Waals surface area (Å²) in [6.45, 7) is 4.30. The van der Waals surface area contributed by atoms with Crippen LogP contribution in [0, 0.1) is 0 Å². The number of rotatable bonds is 5. The molecule has 0 radical (unpaired) electrons. The Hall–Kier alpha value is -1.79. The van der Waals surface area contributed by atoms with Crippen LogP contribution in [0.3, 0.4) is 0 Å². The van der Waals surface area contributed by atoms with E-state index in [0.717, 1.165) is 11.2 Å². The average molecular weight is 286 g/mol. The SMILES string of the molecule is CC(C)c1cc2c(NCCCC(F)(F)F)nccn2n1. The summed E-state index contributed by atoms with van der Waals surface area (Å²) in [6, 6.07) is 1.91. The van der Waals surface area contributed by atoms with E-state index in [4.69, 9.17) is 0 Å². The van der Waals surface area contributed by atoms with Crippen LogP contribution < -0.4 is 5.32 Å². The van der Waals surface area contributed by atoms with Gasteiger partial charge in [-0.3, -0.25) is 0 Å². The lowest BCUT2D eigenvalue weighted by atomic mass is 10.1. The summed E-state index contributed by atoms with van der Waals surface area (Å²) in [4.78, 5) is 4.16. The lowest BCUT2D eigenvalue weighted by Gasteiger charge is -2.08. The highest BCUT2D eigenvalue weighted by Gasteiger charge is 2.25. The molecule has 110 valence electrons. The second-order valence-electron chi connectivity index (χ2n) is 4.98. The highest BCUT2D eigenvalue weighted by molar-refractivity contribution is 5.67. The normalized spacial score (nSPS) is 12.3. The molecule has 7 heteroatoms. The fourth-order valence-electron chi connectivity index (χ4n) is 1.85. The van der Waals surface area contributed by atoms with E-state index in [-0.39, 0.29) is 18.9 Å². The summed E-state index contributed by atoms with van der Waals surface area (Å²) in [7, 11) is 0. The highest BCUT2D eigenvalue weighted by atomic mass is 19.4. The molecule has 2 rings (SSSR count). The molecule has 0 aliphatic carbocycles. The summed E-state index contributed by atoms with van der Waals surface area (Å²) >= 11 is 0. The monoisotopic (exact) mass is 286 g/mol. The molecule has 2 aromatic rings. The largest absolute Gasteiger partial charge is 0.389 e. The van der Waals surface area contributed by atoms with E-state index in [1.54, 1.807) is 16.9 Å². The zero-order valence-electron chi connectivity index (χ0n) is 11.4. The molecule has 0 atom stereocenters. The predicted molar refractivity (Wildman–Crippen MR) is 70.9 cm³/mol. The van der Waals surface area contributed by atoms with Gasteiger partial charge in [-0.1, -0.05) is 13.8 Å². The maximum absolute atomic E-state index is 12.1. The van der Waals surface area contributed by atoms with Gasteiger partial charge in [0.05, 0.1) is 5.69 Å². The van der Waals surface area contributed by atoms with Gasteiger partial charge in [-0.2, -0.15) is 18.3 Å². The van der Waals surface area contributed by atoms with Crippen molar-refractivity contribution >= 4 is 11.3 Å². The molecule has 0 aliphatic heterocycles. The lowest BCUT2D eigenvalue weighted by molar-refractivity contribution is -0.134. The van der Waals surface area contributed by atoms with E-state index in [9.17, 15) is 13.2 Å². The van der Waals surface area contributed by atoms with Gasteiger partial charge in [0.15, 0.2) is 5.82 Å². The Bertz CT molecular complexity index is 574. The number of anilines is 1. The number of nitrogens with zero attached hydrogens (tertiary/aromatic N) is 3. The molecule has 0 amide bonds. The number of aromatic nitrogens is 3. The van der Waals surface area contributed by atoms with Gasteiger partial charge >= 0.3 is 6.18 Å². The Labute approximate surface area is 115 Å². The summed E-state index contributed by atoms with van der Waals surface area (Å²) < 4.78 is 37.9. The molecule has 0 fully saturated rings. The molecule has 0 aliphatic rings. The zero-order valence-corrected chi connectivity index (χ0v) is 11.4. The molecule has 2 heterocycles. The molecule has 0 bridgehead atoms. The van der Waals surface area contributed by atoms with Gasteiger partial charge < -0.3 is 5.32 Å². The van der Waals surface area contributed by atoms with E-state index < -0.39 is 12.6 Å². The van der Waals surface area contributed by atoms with Crippen molar-refractivity contribution in [3.63, 3.8) is 0 Å². The predicted octanol–water partition coefficient (Wildman–Crippen LogP) is 3.61. The number of fused-ring (bicyclic) bond motifs is 1. The molecular formula is C13H17F3N4. The van der Waals surface area contributed by atoms with Crippen molar-refractivity contribution in [3.05, 3.63) is 24.2 Å². The second kappa shape index (κ2) is 5.68. The Morgan fingerprint density at radius 3 is 2.75 bits per heavy atom. The van der Waals surface area contributed by atoms with Crippen LogP contribution >= 0.6 is 0 Å². The van der Waals surface area contributed by atoms with Crippen LogP contribution in [0.25, 0.3) is 5.52 Å². The maximum Gasteiger partial charge on any atom is 0.389 e. The Kier molecular flexibility index (Phi) is 4.15. The number of hydrogen-bond acceptors (Lipinski definition) is 3. The molecule has 4 nitrogen and oxygen atoms in total. The Balaban J connectivity index is 2.06. The van der Waals surface area contributed by atoms with Crippen LogP contribution in [0.5, 0.6) is 0 Å². The first-order chi connectivity index (χ1) is 9.37. The van der Waals surface area contributed by atoms with Gasteiger partial charge in [0.25, 0.3) is 0 Å². The minimum atomic E-state index is -4.11. The van der Waals surface area contributed by atoms with Crippen LogP contribution in [-0.4, -0.2) is 27.3 Å². The maximum atomic E-state index is 12.1. The van der Waals surface area contributed by atoms with Crippen molar-refractivity contribution < 1.29 is 13.2 Å². The van der Waals surface area contributed by atoms with Crippen molar-refractivity contribution in [2.75, 3.05) is 11.9 Å². The number of alkyl halides is 3. The van der Waals surface area contributed by atoms with Gasteiger partial charge in [0, 0.05) is 25.4 Å². The topological polar surface area (TPSA) is 42.2 Å². The van der Waals surface area contributed by atoms with Gasteiger partial charge in [-0.15, -0.1) is 0 Å². The van der Waals surface area contributed by atoms with Gasteiger partial charge in [-0.25, -0.2) is 9.50 Å². The molecule has 0 unspecified atom stereocenters. The fraction of sp³-hybridized carbons (Fsp3) is 0.538. The summed E-state index contributed by atoms with van der Waals surface area (Å²) in [5, 5.41) is 7.34. The van der Waals surface area contributed by atoms with Gasteiger partial charge in [0.2, 0.25) is 0 Å². The first kappa shape index (κ1) is 14.6. The molecular weight excluding hydrogens is 269 g/mol. The molecule has 2 aromatic heterocycles. The third-order valence-electron chi connectivity index (χ3n) is 2.93. The summed E-state index contributed by atoms with van der Waals surface area (Å²) in [5.41, 5.74) is 1.71. The van der Waals surface area contributed by atoms with Crippen molar-refractivity contribution in [2.24, 2.45) is 0 Å². The van der Waals surface area contributed by atoms with Crippen molar-refractivity contribution in [3.8, 4) is 0 Å². The van der Waals surface area contributed by atoms with Crippen LogP contribution in [0.4, 0.5) is 19.0 Å². The van der Waals surface area contributed by atoms with Crippen molar-refractivity contribution in [2.45, 2.75) is 38.8 Å². The number of nitrogens with one attached hydrogen (secondary N) is 1. The lowest BCUT2D eigenvalue weighted by Crippen LogP contribution is -2.11. The third kappa shape index (κ3) is 3.61. The number of halogens is 3.